The topological polar surface area (TPSA) is 49.3 Å². The Morgan fingerprint density at radius 2 is 2.18 bits per heavy atom. The van der Waals surface area contributed by atoms with Crippen molar-refractivity contribution in [3.8, 4) is 0 Å². The van der Waals surface area contributed by atoms with Crippen molar-refractivity contribution in [3.05, 3.63) is 0 Å². The average molecular weight is 178 g/mol. The Kier molecular flexibility index (Phi) is 2.40. The van der Waals surface area contributed by atoms with Crippen molar-refractivity contribution in [2.24, 2.45) is 5.92 Å². The average Bonchev–Trinajstić information content (AvgIpc) is 2.44. The molecule has 2 bridgehead atoms. The van der Waals surface area contributed by atoms with Crippen LogP contribution in [0.1, 0.15) is 19.3 Å². The predicted octanol–water partition coefficient (Wildman–Crippen LogP) is 0.633. The zero-order valence-electron chi connectivity index (χ0n) is 6.12. The Balaban J connectivity index is 0.000000605. The molecule has 1 heterocycles. The van der Waals surface area contributed by atoms with Gasteiger partial charge in [0.05, 0.1) is 0 Å². The summed E-state index contributed by atoms with van der Waals surface area (Å²) in [7, 11) is 0. The van der Waals surface area contributed by atoms with Gasteiger partial charge in [-0.05, 0) is 25.2 Å². The number of aliphatic carboxylic acids is 1. The molecule has 0 spiro atoms. The highest BCUT2D eigenvalue weighted by Crippen LogP contribution is 2.34. The number of carboxylic acids is 1. The number of hydrogen-bond acceptors (Lipinski definition) is 2. The van der Waals surface area contributed by atoms with Gasteiger partial charge in [0.2, 0.25) is 0 Å². The third kappa shape index (κ3) is 1.35. The van der Waals surface area contributed by atoms with E-state index in [1.807, 2.05) is 0 Å². The molecule has 2 rings (SSSR count). The number of carboxylic acid groups (broad SMARTS) is 1. The van der Waals surface area contributed by atoms with E-state index in [1.54, 1.807) is 0 Å². The molecule has 1 aliphatic carbocycles. The van der Waals surface area contributed by atoms with E-state index in [4.69, 9.17) is 5.11 Å². The summed E-state index contributed by atoms with van der Waals surface area (Å²) < 4.78 is 0. The number of piperidine rings is 1. The molecule has 0 aromatic rings. The zero-order chi connectivity index (χ0) is 7.14. The molecule has 1 saturated heterocycles. The van der Waals surface area contributed by atoms with E-state index in [9.17, 15) is 4.79 Å². The first kappa shape index (κ1) is 8.81. The van der Waals surface area contributed by atoms with Crippen LogP contribution < -0.4 is 5.32 Å². The quantitative estimate of drug-likeness (QED) is 0.618. The molecule has 1 saturated carbocycles. The molecule has 2 N–H and O–H groups in total. The maximum atomic E-state index is 10.5. The number of rotatable bonds is 1. The van der Waals surface area contributed by atoms with E-state index < -0.39 is 5.97 Å². The van der Waals surface area contributed by atoms with Crippen LogP contribution >= 0.6 is 12.4 Å². The Labute approximate surface area is 71.6 Å². The zero-order valence-corrected chi connectivity index (χ0v) is 6.93. The summed E-state index contributed by atoms with van der Waals surface area (Å²) in [6, 6.07) is 0.268. The van der Waals surface area contributed by atoms with Gasteiger partial charge in [-0.2, -0.15) is 0 Å². The Morgan fingerprint density at radius 3 is 2.45 bits per heavy atom. The molecule has 0 aromatic carbocycles. The van der Waals surface area contributed by atoms with Crippen molar-refractivity contribution in [1.82, 2.24) is 5.32 Å². The van der Waals surface area contributed by atoms with E-state index in [2.05, 4.69) is 5.32 Å². The number of carbonyl (C=O) groups is 1. The molecule has 4 heteroatoms. The second-order valence-electron chi connectivity index (χ2n) is 3.25. The van der Waals surface area contributed by atoms with E-state index in [0.29, 0.717) is 12.0 Å². The smallest absolute Gasteiger partial charge is 0.320 e. The van der Waals surface area contributed by atoms with E-state index in [-0.39, 0.29) is 18.4 Å². The summed E-state index contributed by atoms with van der Waals surface area (Å²) in [6.07, 6.45) is 3.36. The van der Waals surface area contributed by atoms with Crippen molar-refractivity contribution < 1.29 is 9.90 Å². The van der Waals surface area contributed by atoms with Gasteiger partial charge in [0.15, 0.2) is 0 Å². The van der Waals surface area contributed by atoms with Crippen molar-refractivity contribution in [3.63, 3.8) is 0 Å². The maximum Gasteiger partial charge on any atom is 0.320 e. The Bertz CT molecular complexity index is 174. The minimum Gasteiger partial charge on any atom is -0.480 e. The van der Waals surface area contributed by atoms with Gasteiger partial charge in [0, 0.05) is 6.04 Å². The van der Waals surface area contributed by atoms with Crippen LogP contribution in [0.3, 0.4) is 0 Å². The molecule has 3 nitrogen and oxygen atoms in total. The van der Waals surface area contributed by atoms with Crippen LogP contribution in [0.15, 0.2) is 0 Å². The lowest BCUT2D eigenvalue weighted by molar-refractivity contribution is -0.140. The molecule has 2 fully saturated rings. The molecule has 0 amide bonds. The lowest BCUT2D eigenvalue weighted by atomic mass is 10.0. The first-order chi connectivity index (χ1) is 4.77. The van der Waals surface area contributed by atoms with Crippen molar-refractivity contribution in [2.75, 3.05) is 0 Å². The van der Waals surface area contributed by atoms with E-state index in [0.717, 1.165) is 12.8 Å². The molecule has 0 aromatic heterocycles. The van der Waals surface area contributed by atoms with Crippen molar-refractivity contribution in [1.29, 1.82) is 0 Å². The monoisotopic (exact) mass is 177 g/mol. The molecule has 64 valence electrons. The van der Waals surface area contributed by atoms with Gasteiger partial charge < -0.3 is 10.4 Å². The highest BCUT2D eigenvalue weighted by atomic mass is 35.5. The predicted molar refractivity (Wildman–Crippen MR) is 42.9 cm³/mol. The van der Waals surface area contributed by atoms with Crippen molar-refractivity contribution in [2.45, 2.75) is 31.3 Å². The second kappa shape index (κ2) is 2.99. The Morgan fingerprint density at radius 1 is 1.45 bits per heavy atom. The molecular formula is C7H12ClNO2. The minimum atomic E-state index is -0.674. The van der Waals surface area contributed by atoms with Crippen LogP contribution in [0, 0.1) is 5.92 Å². The fraction of sp³-hybridized carbons (Fsp3) is 0.857. The standard InChI is InChI=1S/C7H11NO2.ClH/c9-7(10)6-4-1-2-5(3-4)8-6;/h4-6,8H,1-3H2,(H,9,10);1H/t4-,5-,6+;/m0./s1. The maximum absolute atomic E-state index is 10.5. The van der Waals surface area contributed by atoms with Gasteiger partial charge in [0.25, 0.3) is 0 Å². The fourth-order valence-corrected chi connectivity index (χ4v) is 2.13. The highest BCUT2D eigenvalue weighted by molar-refractivity contribution is 5.85. The van der Waals surface area contributed by atoms with Gasteiger partial charge in [-0.1, -0.05) is 0 Å². The van der Waals surface area contributed by atoms with Gasteiger partial charge >= 0.3 is 5.97 Å². The van der Waals surface area contributed by atoms with E-state index in [1.165, 1.54) is 6.42 Å². The first-order valence-electron chi connectivity index (χ1n) is 3.76. The first-order valence-corrected chi connectivity index (χ1v) is 3.76. The summed E-state index contributed by atoms with van der Waals surface area (Å²) in [5, 5.41) is 11.8. The van der Waals surface area contributed by atoms with Crippen molar-refractivity contribution >= 4 is 18.4 Å². The molecule has 2 aliphatic rings. The molecule has 11 heavy (non-hydrogen) atoms. The molecule has 0 unspecified atom stereocenters. The van der Waals surface area contributed by atoms with Gasteiger partial charge in [-0.3, -0.25) is 4.79 Å². The lowest BCUT2D eigenvalue weighted by Gasteiger charge is -2.18. The lowest BCUT2D eigenvalue weighted by Crippen LogP contribution is -2.41. The highest BCUT2D eigenvalue weighted by Gasteiger charge is 2.42. The summed E-state index contributed by atoms with van der Waals surface area (Å²) in [6.45, 7) is 0. The van der Waals surface area contributed by atoms with Crippen LogP contribution in [0.4, 0.5) is 0 Å². The number of nitrogens with one attached hydrogen (secondary N) is 1. The summed E-state index contributed by atoms with van der Waals surface area (Å²) in [5.74, 6) is -0.255. The number of fused-ring (bicyclic) bond motifs is 2. The SMILES string of the molecule is Cl.O=C(O)[C@@H]1N[C@H]2CC[C@H]1C2. The van der Waals surface area contributed by atoms with Gasteiger partial charge in [-0.25, -0.2) is 0 Å². The van der Waals surface area contributed by atoms with Crippen LogP contribution in [-0.2, 0) is 4.79 Å². The van der Waals surface area contributed by atoms with Gasteiger partial charge in [-0.15, -0.1) is 12.4 Å². The summed E-state index contributed by atoms with van der Waals surface area (Å²) in [5.41, 5.74) is 0. The normalized spacial score (nSPS) is 40.2. The fourth-order valence-electron chi connectivity index (χ4n) is 2.13. The van der Waals surface area contributed by atoms with Crippen LogP contribution in [0.2, 0.25) is 0 Å². The van der Waals surface area contributed by atoms with Crippen LogP contribution in [-0.4, -0.2) is 23.2 Å². The van der Waals surface area contributed by atoms with Crippen LogP contribution in [0.25, 0.3) is 0 Å². The van der Waals surface area contributed by atoms with Gasteiger partial charge in [0.1, 0.15) is 6.04 Å². The molecular weight excluding hydrogens is 166 g/mol. The summed E-state index contributed by atoms with van der Waals surface area (Å²) >= 11 is 0. The second-order valence-corrected chi connectivity index (χ2v) is 3.25. The third-order valence-electron chi connectivity index (χ3n) is 2.63. The molecule has 3 atom stereocenters. The third-order valence-corrected chi connectivity index (χ3v) is 2.63. The summed E-state index contributed by atoms with van der Waals surface area (Å²) in [4.78, 5) is 10.5. The minimum absolute atomic E-state index is 0. The van der Waals surface area contributed by atoms with Crippen LogP contribution in [0.5, 0.6) is 0 Å². The number of hydrogen-bond donors (Lipinski definition) is 2. The largest absolute Gasteiger partial charge is 0.480 e. The number of halogens is 1. The molecule has 1 aliphatic heterocycles. The molecule has 0 radical (unpaired) electrons. The van der Waals surface area contributed by atoms with E-state index >= 15 is 0 Å². The Hall–Kier alpha value is -0.280.